The van der Waals surface area contributed by atoms with Crippen LogP contribution in [0.2, 0.25) is 0 Å². The first-order valence-corrected chi connectivity index (χ1v) is 10.7. The molecule has 3 aromatic carbocycles. The van der Waals surface area contributed by atoms with Gasteiger partial charge in [-0.3, -0.25) is 19.2 Å². The molecule has 0 fully saturated rings. The summed E-state index contributed by atoms with van der Waals surface area (Å²) in [5.74, 6) is -6.12. The topological polar surface area (TPSA) is 133 Å². The van der Waals surface area contributed by atoms with Crippen molar-refractivity contribution < 1.29 is 28.7 Å². The first-order valence-electron chi connectivity index (χ1n) is 10.7. The number of Topliss-reactive ketones (excluding diaryl/α,β-unsaturated/α-hetero) is 1. The SMILES string of the molecule is NC(=O)c1ccccc1NC(=O)C(=O)[C@H](C(=O)/C=C/c1ccccc1)[C@@H]1OC(=O)c2ccccc21. The minimum absolute atomic E-state index is 0.00172. The third kappa shape index (κ3) is 4.91. The zero-order valence-electron chi connectivity index (χ0n) is 18.3. The van der Waals surface area contributed by atoms with Crippen molar-refractivity contribution >= 4 is 41.1 Å². The van der Waals surface area contributed by atoms with Crippen molar-refractivity contribution in [1.29, 1.82) is 0 Å². The number of carbonyl (C=O) groups excluding carboxylic acids is 5. The predicted molar refractivity (Wildman–Crippen MR) is 127 cm³/mol. The fraction of sp³-hybridized carbons (Fsp3) is 0.0741. The van der Waals surface area contributed by atoms with Crippen molar-refractivity contribution in [3.05, 3.63) is 107 Å². The number of para-hydroxylation sites is 1. The third-order valence-electron chi connectivity index (χ3n) is 5.52. The Kier molecular flexibility index (Phi) is 6.64. The molecule has 0 radical (unpaired) electrons. The van der Waals surface area contributed by atoms with Gasteiger partial charge in [0.05, 0.1) is 16.8 Å². The van der Waals surface area contributed by atoms with Crippen molar-refractivity contribution in [2.45, 2.75) is 6.10 Å². The second-order valence-electron chi connectivity index (χ2n) is 7.77. The van der Waals surface area contributed by atoms with E-state index in [4.69, 9.17) is 10.5 Å². The Morgan fingerprint density at radius 1 is 0.886 bits per heavy atom. The van der Waals surface area contributed by atoms with Crippen LogP contribution in [-0.2, 0) is 19.1 Å². The highest BCUT2D eigenvalue weighted by atomic mass is 16.5. The summed E-state index contributed by atoms with van der Waals surface area (Å²) >= 11 is 0. The summed E-state index contributed by atoms with van der Waals surface area (Å²) in [7, 11) is 0. The molecule has 3 N–H and O–H groups in total. The number of hydrogen-bond donors (Lipinski definition) is 2. The van der Waals surface area contributed by atoms with Crippen LogP contribution < -0.4 is 11.1 Å². The highest BCUT2D eigenvalue weighted by Gasteiger charge is 2.45. The van der Waals surface area contributed by atoms with Gasteiger partial charge in [0, 0.05) is 5.56 Å². The van der Waals surface area contributed by atoms with Gasteiger partial charge in [0.1, 0.15) is 12.0 Å². The van der Waals surface area contributed by atoms with Crippen molar-refractivity contribution in [2.75, 3.05) is 5.32 Å². The standard InChI is InChI=1S/C27H20N2O6/c28-25(32)19-12-6-7-13-20(19)29-26(33)23(31)22(21(30)15-14-16-8-2-1-3-9-16)24-17-10-4-5-11-18(17)27(34)35-24/h1-15,22,24H,(H2,28,32)(H,29,33)/b15-14+/t22-,24+/m0/s1. The number of hydrogen-bond acceptors (Lipinski definition) is 6. The average Bonchev–Trinajstić information content (AvgIpc) is 3.19. The van der Waals surface area contributed by atoms with Gasteiger partial charge in [-0.05, 0) is 29.8 Å². The van der Waals surface area contributed by atoms with Crippen LogP contribution in [0.4, 0.5) is 5.69 Å². The van der Waals surface area contributed by atoms with Crippen LogP contribution in [0.15, 0.2) is 84.9 Å². The minimum Gasteiger partial charge on any atom is -0.453 e. The van der Waals surface area contributed by atoms with E-state index in [1.165, 1.54) is 30.4 Å². The molecule has 1 aliphatic rings. The number of cyclic esters (lactones) is 1. The zero-order chi connectivity index (χ0) is 24.9. The Labute approximate surface area is 200 Å². The van der Waals surface area contributed by atoms with Crippen LogP contribution in [0.3, 0.4) is 0 Å². The first kappa shape index (κ1) is 23.3. The number of amides is 2. The number of esters is 1. The number of ether oxygens (including phenoxy) is 1. The van der Waals surface area contributed by atoms with E-state index in [0.29, 0.717) is 11.1 Å². The number of anilines is 1. The largest absolute Gasteiger partial charge is 0.453 e. The molecule has 0 bridgehead atoms. The maximum atomic E-state index is 13.3. The first-order chi connectivity index (χ1) is 16.9. The molecule has 0 aliphatic carbocycles. The Morgan fingerprint density at radius 2 is 1.54 bits per heavy atom. The van der Waals surface area contributed by atoms with E-state index in [9.17, 15) is 24.0 Å². The lowest BCUT2D eigenvalue weighted by atomic mass is 9.86. The molecule has 174 valence electrons. The normalized spacial score (nSPS) is 15.2. The summed E-state index contributed by atoms with van der Waals surface area (Å²) in [5.41, 5.74) is 6.62. The number of primary amides is 1. The van der Waals surface area contributed by atoms with Gasteiger partial charge in [0.2, 0.25) is 5.78 Å². The summed E-state index contributed by atoms with van der Waals surface area (Å²) in [4.78, 5) is 63.5. The number of ketones is 2. The molecular weight excluding hydrogens is 448 g/mol. The molecule has 35 heavy (non-hydrogen) atoms. The van der Waals surface area contributed by atoms with Gasteiger partial charge in [-0.15, -0.1) is 0 Å². The molecular formula is C27H20N2O6. The number of carbonyl (C=O) groups is 5. The smallest absolute Gasteiger partial charge is 0.339 e. The van der Waals surface area contributed by atoms with E-state index in [1.807, 2.05) is 6.07 Å². The lowest BCUT2D eigenvalue weighted by Crippen LogP contribution is -2.37. The van der Waals surface area contributed by atoms with Gasteiger partial charge >= 0.3 is 5.97 Å². The molecule has 0 unspecified atom stereocenters. The Bertz CT molecular complexity index is 1360. The van der Waals surface area contributed by atoms with Crippen LogP contribution >= 0.6 is 0 Å². The lowest BCUT2D eigenvalue weighted by Gasteiger charge is -2.20. The number of nitrogens with one attached hydrogen (secondary N) is 1. The highest BCUT2D eigenvalue weighted by molar-refractivity contribution is 6.45. The van der Waals surface area contributed by atoms with E-state index < -0.39 is 41.4 Å². The van der Waals surface area contributed by atoms with Crippen molar-refractivity contribution in [2.24, 2.45) is 11.7 Å². The molecule has 8 nitrogen and oxygen atoms in total. The van der Waals surface area contributed by atoms with E-state index in [-0.39, 0.29) is 16.8 Å². The summed E-state index contributed by atoms with van der Waals surface area (Å²) in [6.45, 7) is 0. The molecule has 0 spiro atoms. The molecule has 2 atom stereocenters. The second kappa shape index (κ2) is 9.96. The fourth-order valence-corrected chi connectivity index (χ4v) is 3.82. The molecule has 2 amide bonds. The number of allylic oxidation sites excluding steroid dienone is 1. The third-order valence-corrected chi connectivity index (χ3v) is 5.52. The molecule has 1 heterocycles. The predicted octanol–water partition coefficient (Wildman–Crippen LogP) is 3.10. The highest BCUT2D eigenvalue weighted by Crippen LogP contribution is 2.37. The second-order valence-corrected chi connectivity index (χ2v) is 7.77. The van der Waals surface area contributed by atoms with E-state index >= 15 is 0 Å². The van der Waals surface area contributed by atoms with E-state index in [0.717, 1.165) is 0 Å². The molecule has 3 aromatic rings. The lowest BCUT2D eigenvalue weighted by molar-refractivity contribution is -0.143. The van der Waals surface area contributed by atoms with Crippen molar-refractivity contribution in [3.63, 3.8) is 0 Å². The van der Waals surface area contributed by atoms with E-state index in [2.05, 4.69) is 5.32 Å². The van der Waals surface area contributed by atoms with Crippen LogP contribution in [0.25, 0.3) is 6.08 Å². The van der Waals surface area contributed by atoms with Gasteiger partial charge in [-0.25, -0.2) is 4.79 Å². The number of benzene rings is 3. The number of nitrogens with two attached hydrogens (primary N) is 1. The molecule has 1 aliphatic heterocycles. The van der Waals surface area contributed by atoms with Crippen LogP contribution in [0.1, 0.15) is 37.9 Å². The fourth-order valence-electron chi connectivity index (χ4n) is 3.82. The summed E-state index contributed by atoms with van der Waals surface area (Å²) in [5, 5.41) is 2.35. The maximum Gasteiger partial charge on any atom is 0.339 e. The summed E-state index contributed by atoms with van der Waals surface area (Å²) < 4.78 is 5.38. The molecule has 0 saturated heterocycles. The molecule has 8 heteroatoms. The Morgan fingerprint density at radius 3 is 2.29 bits per heavy atom. The van der Waals surface area contributed by atoms with Gasteiger partial charge < -0.3 is 15.8 Å². The van der Waals surface area contributed by atoms with E-state index in [1.54, 1.807) is 54.6 Å². The van der Waals surface area contributed by atoms with Crippen molar-refractivity contribution in [3.8, 4) is 0 Å². The van der Waals surface area contributed by atoms with Crippen LogP contribution in [0.5, 0.6) is 0 Å². The average molecular weight is 468 g/mol. The molecule has 4 rings (SSSR count). The number of fused-ring (bicyclic) bond motifs is 1. The quantitative estimate of drug-likeness (QED) is 0.226. The minimum atomic E-state index is -1.64. The van der Waals surface area contributed by atoms with Crippen LogP contribution in [0, 0.1) is 5.92 Å². The molecule has 0 aromatic heterocycles. The zero-order valence-corrected chi connectivity index (χ0v) is 18.3. The summed E-state index contributed by atoms with van der Waals surface area (Å²) in [6, 6.07) is 21.2. The van der Waals surface area contributed by atoms with Gasteiger partial charge in [0.15, 0.2) is 5.78 Å². The van der Waals surface area contributed by atoms with Gasteiger partial charge in [0.25, 0.3) is 11.8 Å². The Hall–Kier alpha value is -4.85. The summed E-state index contributed by atoms with van der Waals surface area (Å²) in [6.07, 6.45) is 1.40. The number of rotatable bonds is 8. The maximum absolute atomic E-state index is 13.3. The van der Waals surface area contributed by atoms with Gasteiger partial charge in [-0.1, -0.05) is 66.7 Å². The van der Waals surface area contributed by atoms with Gasteiger partial charge in [-0.2, -0.15) is 0 Å². The molecule has 0 saturated carbocycles. The monoisotopic (exact) mass is 468 g/mol. The van der Waals surface area contributed by atoms with Crippen molar-refractivity contribution in [1.82, 2.24) is 0 Å². The van der Waals surface area contributed by atoms with Crippen LogP contribution in [-0.4, -0.2) is 29.4 Å². The Balaban J connectivity index is 1.68.